The summed E-state index contributed by atoms with van der Waals surface area (Å²) in [6.07, 6.45) is 2.88. The maximum atomic E-state index is 5.96. The van der Waals surface area contributed by atoms with Crippen LogP contribution in [0, 0.1) is 0 Å². The Morgan fingerprint density at radius 1 is 1.08 bits per heavy atom. The molecular formula is C20H32N2O3. The second-order valence-corrected chi connectivity index (χ2v) is 6.98. The van der Waals surface area contributed by atoms with E-state index < -0.39 is 0 Å². The van der Waals surface area contributed by atoms with Crippen LogP contribution in [0.4, 0.5) is 0 Å². The number of nitrogens with zero attached hydrogens (tertiary/aromatic N) is 2. The van der Waals surface area contributed by atoms with Crippen LogP contribution in [0.3, 0.4) is 0 Å². The van der Waals surface area contributed by atoms with Crippen molar-refractivity contribution in [3.8, 4) is 11.5 Å². The van der Waals surface area contributed by atoms with Gasteiger partial charge in [0.05, 0.1) is 19.3 Å². The zero-order valence-electron chi connectivity index (χ0n) is 15.7. The highest BCUT2D eigenvalue weighted by Gasteiger charge is 2.27. The number of morpholine rings is 1. The van der Waals surface area contributed by atoms with Crippen LogP contribution in [-0.2, 0) is 4.74 Å². The van der Waals surface area contributed by atoms with Crippen LogP contribution in [0.2, 0.25) is 0 Å². The molecular weight excluding hydrogens is 316 g/mol. The molecule has 2 aliphatic rings. The van der Waals surface area contributed by atoms with Crippen molar-refractivity contribution >= 4 is 0 Å². The molecule has 1 atom stereocenters. The molecule has 1 aromatic carbocycles. The van der Waals surface area contributed by atoms with Gasteiger partial charge in [-0.05, 0) is 51.9 Å². The lowest BCUT2D eigenvalue weighted by Gasteiger charge is -2.41. The number of piperidine rings is 1. The fraction of sp³-hybridized carbons (Fsp3) is 0.700. The van der Waals surface area contributed by atoms with Crippen LogP contribution < -0.4 is 9.47 Å². The summed E-state index contributed by atoms with van der Waals surface area (Å²) in [5.41, 5.74) is 0. The smallest absolute Gasteiger partial charge is 0.161 e. The van der Waals surface area contributed by atoms with Gasteiger partial charge < -0.3 is 14.2 Å². The molecule has 25 heavy (non-hydrogen) atoms. The summed E-state index contributed by atoms with van der Waals surface area (Å²) in [4.78, 5) is 5.14. The van der Waals surface area contributed by atoms with Crippen molar-refractivity contribution in [2.24, 2.45) is 0 Å². The maximum absolute atomic E-state index is 5.96. The van der Waals surface area contributed by atoms with Gasteiger partial charge in [0.15, 0.2) is 11.5 Å². The molecule has 2 aliphatic heterocycles. The van der Waals surface area contributed by atoms with Crippen molar-refractivity contribution in [1.82, 2.24) is 9.80 Å². The Hall–Kier alpha value is -1.30. The lowest BCUT2D eigenvalue weighted by molar-refractivity contribution is -0.0437. The molecule has 2 saturated heterocycles. The minimum absolute atomic E-state index is 0.380. The van der Waals surface area contributed by atoms with Crippen molar-refractivity contribution in [1.29, 1.82) is 0 Å². The van der Waals surface area contributed by atoms with Crippen LogP contribution in [0.1, 0.15) is 26.7 Å². The van der Waals surface area contributed by atoms with E-state index in [1.807, 2.05) is 31.2 Å². The lowest BCUT2D eigenvalue weighted by atomic mass is 10.0. The summed E-state index contributed by atoms with van der Waals surface area (Å²) in [6.45, 7) is 11.9. The molecule has 1 aromatic rings. The summed E-state index contributed by atoms with van der Waals surface area (Å²) in [5.74, 6) is 1.69. The maximum Gasteiger partial charge on any atom is 0.161 e. The van der Waals surface area contributed by atoms with Gasteiger partial charge in [0.2, 0.25) is 0 Å². The third kappa shape index (κ3) is 5.33. The largest absolute Gasteiger partial charge is 0.490 e. The first-order valence-corrected chi connectivity index (χ1v) is 9.69. The van der Waals surface area contributed by atoms with Gasteiger partial charge in [-0.3, -0.25) is 9.80 Å². The predicted octanol–water partition coefficient (Wildman–Crippen LogP) is 2.65. The molecule has 1 unspecified atom stereocenters. The highest BCUT2D eigenvalue weighted by atomic mass is 16.5. The van der Waals surface area contributed by atoms with Gasteiger partial charge in [-0.1, -0.05) is 12.1 Å². The second kappa shape index (κ2) is 9.41. The third-order valence-corrected chi connectivity index (χ3v) is 5.16. The highest BCUT2D eigenvalue weighted by Crippen LogP contribution is 2.26. The average Bonchev–Trinajstić information content (AvgIpc) is 2.64. The fourth-order valence-corrected chi connectivity index (χ4v) is 3.81. The third-order valence-electron chi connectivity index (χ3n) is 5.16. The van der Waals surface area contributed by atoms with Gasteiger partial charge in [0.1, 0.15) is 6.61 Å². The summed E-state index contributed by atoms with van der Waals surface area (Å²) in [7, 11) is 0. The minimum atomic E-state index is 0.380. The van der Waals surface area contributed by atoms with Crippen molar-refractivity contribution in [2.75, 3.05) is 52.5 Å². The summed E-state index contributed by atoms with van der Waals surface area (Å²) in [5, 5.41) is 0. The molecule has 5 heteroatoms. The van der Waals surface area contributed by atoms with Crippen LogP contribution in [0.5, 0.6) is 11.5 Å². The SMILES string of the molecule is CCOc1ccccc1OCCN1CCC(N2CCOC(C)C2)CC1. The molecule has 0 aromatic heterocycles. The number of rotatable bonds is 7. The minimum Gasteiger partial charge on any atom is -0.490 e. The van der Waals surface area contributed by atoms with Crippen LogP contribution in [-0.4, -0.2) is 74.5 Å². The molecule has 0 aliphatic carbocycles. The van der Waals surface area contributed by atoms with Crippen molar-refractivity contribution in [3.05, 3.63) is 24.3 Å². The van der Waals surface area contributed by atoms with Crippen LogP contribution >= 0.6 is 0 Å². The van der Waals surface area contributed by atoms with E-state index in [0.717, 1.165) is 56.9 Å². The van der Waals surface area contributed by atoms with E-state index in [1.54, 1.807) is 0 Å². The standard InChI is InChI=1S/C20H32N2O3/c1-3-23-19-6-4-5-7-20(19)25-14-12-21-10-8-18(9-11-21)22-13-15-24-17(2)16-22/h4-7,17-18H,3,8-16H2,1-2H3. The zero-order valence-corrected chi connectivity index (χ0v) is 15.7. The Balaban J connectivity index is 1.38. The molecule has 0 spiro atoms. The Labute approximate surface area is 151 Å². The Kier molecular flexibility index (Phi) is 6.96. The topological polar surface area (TPSA) is 34.2 Å². The summed E-state index contributed by atoms with van der Waals surface area (Å²) >= 11 is 0. The first kappa shape index (κ1) is 18.5. The van der Waals surface area contributed by atoms with Crippen molar-refractivity contribution in [3.63, 3.8) is 0 Å². The molecule has 0 N–H and O–H groups in total. The van der Waals surface area contributed by atoms with Gasteiger partial charge in [-0.25, -0.2) is 0 Å². The number of ether oxygens (including phenoxy) is 3. The quantitative estimate of drug-likeness (QED) is 0.757. The molecule has 3 rings (SSSR count). The van der Waals surface area contributed by atoms with E-state index in [0.29, 0.717) is 19.3 Å². The monoisotopic (exact) mass is 348 g/mol. The van der Waals surface area contributed by atoms with E-state index in [4.69, 9.17) is 14.2 Å². The number of likely N-dealkylation sites (tertiary alicyclic amines) is 1. The molecule has 140 valence electrons. The van der Waals surface area contributed by atoms with E-state index in [1.165, 1.54) is 12.8 Å². The number of benzene rings is 1. The summed E-state index contributed by atoms with van der Waals surface area (Å²) < 4.78 is 17.2. The molecule has 0 saturated carbocycles. The van der Waals surface area contributed by atoms with Gasteiger partial charge in [-0.15, -0.1) is 0 Å². The molecule has 0 amide bonds. The van der Waals surface area contributed by atoms with Gasteiger partial charge >= 0.3 is 0 Å². The molecule has 0 radical (unpaired) electrons. The Morgan fingerprint density at radius 2 is 1.80 bits per heavy atom. The average molecular weight is 348 g/mol. The molecule has 0 bridgehead atoms. The van der Waals surface area contributed by atoms with E-state index in [-0.39, 0.29) is 0 Å². The molecule has 2 fully saturated rings. The van der Waals surface area contributed by atoms with Gasteiger partial charge in [0, 0.05) is 25.7 Å². The predicted molar refractivity (Wildman–Crippen MR) is 99.6 cm³/mol. The first-order valence-electron chi connectivity index (χ1n) is 9.69. The highest BCUT2D eigenvalue weighted by molar-refractivity contribution is 5.39. The summed E-state index contributed by atoms with van der Waals surface area (Å²) in [6, 6.07) is 8.65. The normalized spacial score (nSPS) is 23.5. The van der Waals surface area contributed by atoms with E-state index in [2.05, 4.69) is 16.7 Å². The first-order chi connectivity index (χ1) is 12.3. The second-order valence-electron chi connectivity index (χ2n) is 6.98. The fourth-order valence-electron chi connectivity index (χ4n) is 3.81. The number of hydrogen-bond donors (Lipinski definition) is 0. The Bertz CT molecular complexity index is 517. The van der Waals surface area contributed by atoms with Crippen LogP contribution in [0.25, 0.3) is 0 Å². The van der Waals surface area contributed by atoms with E-state index >= 15 is 0 Å². The zero-order chi connectivity index (χ0) is 17.5. The van der Waals surface area contributed by atoms with Gasteiger partial charge in [0.25, 0.3) is 0 Å². The number of para-hydroxylation sites is 2. The van der Waals surface area contributed by atoms with Crippen LogP contribution in [0.15, 0.2) is 24.3 Å². The number of hydrogen-bond acceptors (Lipinski definition) is 5. The van der Waals surface area contributed by atoms with Crippen molar-refractivity contribution in [2.45, 2.75) is 38.8 Å². The van der Waals surface area contributed by atoms with Gasteiger partial charge in [-0.2, -0.15) is 0 Å². The van der Waals surface area contributed by atoms with E-state index in [9.17, 15) is 0 Å². The molecule has 2 heterocycles. The molecule has 5 nitrogen and oxygen atoms in total. The Morgan fingerprint density at radius 3 is 2.48 bits per heavy atom. The lowest BCUT2D eigenvalue weighted by Crippen LogP contribution is -2.51. The van der Waals surface area contributed by atoms with Crippen molar-refractivity contribution < 1.29 is 14.2 Å².